The van der Waals surface area contributed by atoms with Gasteiger partial charge in [-0.1, -0.05) is 0 Å². The minimum atomic E-state index is -0.996. The second-order valence-corrected chi connectivity index (χ2v) is 2.64. The Morgan fingerprint density at radius 1 is 1.54 bits per heavy atom. The van der Waals surface area contributed by atoms with Crippen molar-refractivity contribution in [2.45, 2.75) is 12.8 Å². The maximum Gasteiger partial charge on any atom is 0.337 e. The van der Waals surface area contributed by atoms with Crippen LogP contribution >= 0.6 is 0 Å². The van der Waals surface area contributed by atoms with Crippen LogP contribution in [-0.4, -0.2) is 22.7 Å². The molecule has 0 aromatic carbocycles. The molecule has 3 nitrogen and oxygen atoms in total. The lowest BCUT2D eigenvalue weighted by molar-refractivity contribution is 0.0696. The summed E-state index contributed by atoms with van der Waals surface area (Å²) in [6.45, 7) is -0.373. The van der Waals surface area contributed by atoms with E-state index in [1.807, 2.05) is 0 Å². The largest absolute Gasteiger partial charge is 0.478 e. The van der Waals surface area contributed by atoms with Crippen LogP contribution in [-0.2, 0) is 6.42 Å². The smallest absolute Gasteiger partial charge is 0.337 e. The minimum absolute atomic E-state index is 0.156. The zero-order valence-electron chi connectivity index (χ0n) is 7.03. The van der Waals surface area contributed by atoms with Gasteiger partial charge in [-0.2, -0.15) is 0 Å². The number of carbonyl (C=O) groups is 1. The number of hydrogen-bond acceptors (Lipinski definition) is 2. The van der Waals surface area contributed by atoms with Gasteiger partial charge in [-0.3, -0.25) is 9.37 Å². The van der Waals surface area contributed by atoms with Gasteiger partial charge < -0.3 is 5.11 Å². The molecule has 1 heterocycles. The molecule has 1 aromatic rings. The first-order valence-corrected chi connectivity index (χ1v) is 3.98. The first kappa shape index (κ1) is 9.64. The zero-order chi connectivity index (χ0) is 9.68. The molecular formula is C9H10FNO2. The number of alkyl halides is 1. The highest BCUT2D eigenvalue weighted by atomic mass is 19.1. The van der Waals surface area contributed by atoms with Gasteiger partial charge in [-0.15, -0.1) is 0 Å². The second-order valence-electron chi connectivity index (χ2n) is 2.64. The van der Waals surface area contributed by atoms with E-state index in [9.17, 15) is 9.18 Å². The molecule has 0 aliphatic rings. The lowest BCUT2D eigenvalue weighted by Crippen LogP contribution is -1.98. The van der Waals surface area contributed by atoms with Crippen molar-refractivity contribution in [3.8, 4) is 0 Å². The summed E-state index contributed by atoms with van der Waals surface area (Å²) < 4.78 is 11.8. The highest BCUT2D eigenvalue weighted by molar-refractivity contribution is 5.87. The van der Waals surface area contributed by atoms with Crippen LogP contribution < -0.4 is 0 Å². The minimum Gasteiger partial charge on any atom is -0.478 e. The Morgan fingerprint density at radius 3 is 2.77 bits per heavy atom. The molecule has 0 aliphatic heterocycles. The fourth-order valence-corrected chi connectivity index (χ4v) is 0.947. The number of carboxylic acids is 1. The third kappa shape index (κ3) is 2.82. The fourth-order valence-electron chi connectivity index (χ4n) is 0.947. The summed E-state index contributed by atoms with van der Waals surface area (Å²) in [6, 6.07) is 3.09. The molecule has 0 bridgehead atoms. The van der Waals surface area contributed by atoms with Gasteiger partial charge in [0.2, 0.25) is 0 Å². The standard InChI is InChI=1S/C9H10FNO2/c10-5-1-2-8-4-3-7(6-11-8)9(12)13/h3-4,6H,1-2,5H2,(H,12,13). The molecule has 70 valence electrons. The van der Waals surface area contributed by atoms with Gasteiger partial charge in [-0.05, 0) is 25.0 Å². The summed E-state index contributed by atoms with van der Waals surface area (Å²) in [5.74, 6) is -0.996. The lowest BCUT2D eigenvalue weighted by atomic mass is 10.2. The van der Waals surface area contributed by atoms with Crippen LogP contribution in [0.3, 0.4) is 0 Å². The summed E-state index contributed by atoms with van der Waals surface area (Å²) in [4.78, 5) is 14.3. The molecule has 0 fully saturated rings. The van der Waals surface area contributed by atoms with Crippen LogP contribution in [0.15, 0.2) is 18.3 Å². The van der Waals surface area contributed by atoms with E-state index in [1.54, 1.807) is 6.07 Å². The quantitative estimate of drug-likeness (QED) is 0.772. The average molecular weight is 183 g/mol. The SMILES string of the molecule is O=C(O)c1ccc(CCCF)nc1. The van der Waals surface area contributed by atoms with Gasteiger partial charge in [0.15, 0.2) is 0 Å². The van der Waals surface area contributed by atoms with Crippen molar-refractivity contribution in [2.24, 2.45) is 0 Å². The fraction of sp³-hybridized carbons (Fsp3) is 0.333. The van der Waals surface area contributed by atoms with E-state index in [2.05, 4.69) is 4.98 Å². The third-order valence-electron chi connectivity index (χ3n) is 1.64. The van der Waals surface area contributed by atoms with E-state index in [1.165, 1.54) is 12.3 Å². The molecule has 0 saturated carbocycles. The number of rotatable bonds is 4. The molecule has 0 atom stereocenters. The Kier molecular flexibility index (Phi) is 3.37. The third-order valence-corrected chi connectivity index (χ3v) is 1.64. The highest BCUT2D eigenvalue weighted by Crippen LogP contribution is 2.02. The van der Waals surface area contributed by atoms with E-state index in [4.69, 9.17) is 5.11 Å². The Labute approximate surface area is 75.2 Å². The summed E-state index contributed by atoms with van der Waals surface area (Å²) in [5, 5.41) is 8.55. The number of hydrogen-bond donors (Lipinski definition) is 1. The molecule has 4 heteroatoms. The first-order valence-electron chi connectivity index (χ1n) is 3.98. The lowest BCUT2D eigenvalue weighted by Gasteiger charge is -1.98. The first-order chi connectivity index (χ1) is 6.24. The molecule has 1 N–H and O–H groups in total. The van der Waals surface area contributed by atoms with E-state index in [0.717, 1.165) is 5.69 Å². The van der Waals surface area contributed by atoms with Crippen molar-refractivity contribution in [1.82, 2.24) is 4.98 Å². The number of halogens is 1. The van der Waals surface area contributed by atoms with Crippen LogP contribution in [0.1, 0.15) is 22.5 Å². The number of nitrogens with zero attached hydrogens (tertiary/aromatic N) is 1. The maximum absolute atomic E-state index is 11.8. The van der Waals surface area contributed by atoms with Gasteiger partial charge in [0.1, 0.15) is 0 Å². The van der Waals surface area contributed by atoms with Gasteiger partial charge in [0, 0.05) is 11.9 Å². The molecule has 1 aromatic heterocycles. The molecule has 0 spiro atoms. The van der Waals surface area contributed by atoms with Crippen LogP contribution in [0.5, 0.6) is 0 Å². The van der Waals surface area contributed by atoms with E-state index < -0.39 is 5.97 Å². The number of carboxylic acid groups (broad SMARTS) is 1. The Bertz CT molecular complexity index is 284. The van der Waals surface area contributed by atoms with Crippen molar-refractivity contribution in [3.63, 3.8) is 0 Å². The predicted octanol–water partition coefficient (Wildman–Crippen LogP) is 1.68. The van der Waals surface area contributed by atoms with Gasteiger partial charge in [0.05, 0.1) is 12.2 Å². The van der Waals surface area contributed by atoms with E-state index >= 15 is 0 Å². The Morgan fingerprint density at radius 2 is 2.31 bits per heavy atom. The summed E-state index contributed by atoms with van der Waals surface area (Å²) in [5.41, 5.74) is 0.881. The summed E-state index contributed by atoms with van der Waals surface area (Å²) >= 11 is 0. The highest BCUT2D eigenvalue weighted by Gasteiger charge is 2.02. The van der Waals surface area contributed by atoms with Gasteiger partial charge in [-0.25, -0.2) is 4.79 Å². The molecule has 0 aliphatic carbocycles. The molecule has 1 rings (SSSR count). The van der Waals surface area contributed by atoms with Crippen LogP contribution in [0, 0.1) is 0 Å². The van der Waals surface area contributed by atoms with Gasteiger partial charge in [0.25, 0.3) is 0 Å². The van der Waals surface area contributed by atoms with Crippen molar-refractivity contribution >= 4 is 5.97 Å². The van der Waals surface area contributed by atoms with Crippen molar-refractivity contribution in [1.29, 1.82) is 0 Å². The van der Waals surface area contributed by atoms with Crippen molar-refractivity contribution in [3.05, 3.63) is 29.6 Å². The van der Waals surface area contributed by atoms with Gasteiger partial charge >= 0.3 is 5.97 Å². The molecule has 0 radical (unpaired) electrons. The Balaban J connectivity index is 2.64. The molecule has 13 heavy (non-hydrogen) atoms. The van der Waals surface area contributed by atoms with E-state index in [-0.39, 0.29) is 12.2 Å². The summed E-state index contributed by atoms with van der Waals surface area (Å²) in [7, 11) is 0. The number of pyridine rings is 1. The van der Waals surface area contributed by atoms with Crippen molar-refractivity contribution < 1.29 is 14.3 Å². The zero-order valence-corrected chi connectivity index (χ0v) is 7.03. The maximum atomic E-state index is 11.8. The Hall–Kier alpha value is -1.45. The molecule has 0 unspecified atom stereocenters. The molecular weight excluding hydrogens is 173 g/mol. The van der Waals surface area contributed by atoms with E-state index in [0.29, 0.717) is 12.8 Å². The monoisotopic (exact) mass is 183 g/mol. The average Bonchev–Trinajstić information content (AvgIpc) is 2.15. The van der Waals surface area contributed by atoms with Crippen LogP contribution in [0.2, 0.25) is 0 Å². The van der Waals surface area contributed by atoms with Crippen LogP contribution in [0.4, 0.5) is 4.39 Å². The van der Waals surface area contributed by atoms with Crippen molar-refractivity contribution in [2.75, 3.05) is 6.67 Å². The number of aromatic carboxylic acids is 1. The molecule has 0 amide bonds. The second kappa shape index (κ2) is 4.54. The topological polar surface area (TPSA) is 50.2 Å². The van der Waals surface area contributed by atoms with Crippen LogP contribution in [0.25, 0.3) is 0 Å². The normalized spacial score (nSPS) is 9.92. The summed E-state index contributed by atoms with van der Waals surface area (Å²) in [6.07, 6.45) is 2.27. The number of aromatic nitrogens is 1. The number of aryl methyl sites for hydroxylation is 1. The molecule has 0 saturated heterocycles. The predicted molar refractivity (Wildman–Crippen MR) is 45.5 cm³/mol.